The summed E-state index contributed by atoms with van der Waals surface area (Å²) in [5.41, 5.74) is 0.284. The van der Waals surface area contributed by atoms with E-state index in [1.165, 1.54) is 0 Å². The molecule has 1 aliphatic rings. The summed E-state index contributed by atoms with van der Waals surface area (Å²) in [5.74, 6) is -0.529. The van der Waals surface area contributed by atoms with Crippen LogP contribution in [0.15, 0.2) is 24.3 Å². The highest BCUT2D eigenvalue weighted by Gasteiger charge is 2.49. The molecule has 1 aliphatic heterocycles. The van der Waals surface area contributed by atoms with Crippen LogP contribution in [0.3, 0.4) is 0 Å². The minimum absolute atomic E-state index is 0.150. The topological polar surface area (TPSA) is 66.5 Å². The third kappa shape index (κ3) is 1.96. The van der Waals surface area contributed by atoms with E-state index in [1.807, 2.05) is 6.07 Å². The highest BCUT2D eigenvalue weighted by molar-refractivity contribution is 7.94. The number of nitrogens with zero attached hydrogens (tertiary/aromatic N) is 1. The van der Waals surface area contributed by atoms with E-state index in [9.17, 15) is 13.2 Å². The molecule has 0 bridgehead atoms. The lowest BCUT2D eigenvalue weighted by Gasteiger charge is -2.18. The Bertz CT molecular complexity index is 593. The van der Waals surface area contributed by atoms with Crippen molar-refractivity contribution >= 4 is 27.3 Å². The van der Waals surface area contributed by atoms with E-state index >= 15 is 0 Å². The molecule has 1 aromatic carbocycles. The minimum atomic E-state index is -3.57. The molecule has 0 aliphatic carbocycles. The van der Waals surface area contributed by atoms with Crippen molar-refractivity contribution in [2.24, 2.45) is 5.41 Å². The summed E-state index contributed by atoms with van der Waals surface area (Å²) in [4.78, 5) is 12.2. The second-order valence-corrected chi connectivity index (χ2v) is 6.83. The van der Waals surface area contributed by atoms with Crippen molar-refractivity contribution < 1.29 is 13.2 Å². The molecular weight excluding hydrogens is 252 g/mol. The number of nitrogens with one attached hydrogen (secondary N) is 1. The molecule has 5 nitrogen and oxygen atoms in total. The van der Waals surface area contributed by atoms with Gasteiger partial charge >= 0.3 is 0 Å². The Labute approximate surface area is 107 Å². The highest BCUT2D eigenvalue weighted by Crippen LogP contribution is 2.36. The Morgan fingerprint density at radius 2 is 2.00 bits per heavy atom. The molecule has 1 heterocycles. The molecule has 1 N–H and O–H groups in total. The van der Waals surface area contributed by atoms with Gasteiger partial charge in [-0.2, -0.15) is 0 Å². The van der Waals surface area contributed by atoms with Crippen LogP contribution in [-0.4, -0.2) is 27.1 Å². The van der Waals surface area contributed by atoms with Gasteiger partial charge in [-0.3, -0.25) is 4.79 Å². The minimum Gasteiger partial charge on any atom is -0.388 e. The molecule has 1 amide bonds. The molecule has 1 saturated heterocycles. The van der Waals surface area contributed by atoms with Crippen molar-refractivity contribution in [2.75, 3.05) is 22.4 Å². The van der Waals surface area contributed by atoms with E-state index in [-0.39, 0.29) is 11.7 Å². The number of rotatable bonds is 2. The lowest BCUT2D eigenvalue weighted by molar-refractivity contribution is -0.123. The van der Waals surface area contributed by atoms with Crippen LogP contribution in [0.1, 0.15) is 13.8 Å². The van der Waals surface area contributed by atoms with Gasteiger partial charge in [0.25, 0.3) is 0 Å². The lowest BCUT2D eigenvalue weighted by atomic mass is 9.95. The smallest absolute Gasteiger partial charge is 0.247 e. The molecule has 1 fully saturated rings. The molecule has 18 heavy (non-hydrogen) atoms. The van der Waals surface area contributed by atoms with E-state index in [0.717, 1.165) is 9.99 Å². The van der Waals surface area contributed by atoms with Crippen molar-refractivity contribution in [3.8, 4) is 0 Å². The first-order valence-corrected chi connectivity index (χ1v) is 7.24. The SMILES string of the molecule is CNc1cccc(N2C(=O)C(C)(C)CS2(=O)=O)c1. The summed E-state index contributed by atoms with van der Waals surface area (Å²) in [6.07, 6.45) is 0. The zero-order chi connectivity index (χ0) is 13.6. The summed E-state index contributed by atoms with van der Waals surface area (Å²) < 4.78 is 25.1. The zero-order valence-electron chi connectivity index (χ0n) is 10.6. The first kappa shape index (κ1) is 12.9. The third-order valence-corrected chi connectivity index (χ3v) is 4.97. The fraction of sp³-hybridized carbons (Fsp3) is 0.417. The number of sulfonamides is 1. The number of benzene rings is 1. The quantitative estimate of drug-likeness (QED) is 0.881. The Hall–Kier alpha value is -1.56. The van der Waals surface area contributed by atoms with Crippen LogP contribution in [0.25, 0.3) is 0 Å². The summed E-state index contributed by atoms with van der Waals surface area (Å²) in [6.45, 7) is 3.30. The van der Waals surface area contributed by atoms with Gasteiger partial charge in [-0.05, 0) is 32.0 Å². The molecule has 0 radical (unpaired) electrons. The van der Waals surface area contributed by atoms with Crippen molar-refractivity contribution in [3.63, 3.8) is 0 Å². The Morgan fingerprint density at radius 3 is 2.50 bits per heavy atom. The van der Waals surface area contributed by atoms with Crippen molar-refractivity contribution in [1.29, 1.82) is 0 Å². The number of anilines is 2. The standard InChI is InChI=1S/C12H16N2O3S/c1-12(2)8-18(16,17)14(11(12)15)10-6-4-5-9(7-10)13-3/h4-7,13H,8H2,1-3H3. The average molecular weight is 268 g/mol. The normalized spacial score (nSPS) is 21.1. The van der Waals surface area contributed by atoms with Crippen LogP contribution in [0.2, 0.25) is 0 Å². The fourth-order valence-electron chi connectivity index (χ4n) is 2.05. The second-order valence-electron chi connectivity index (χ2n) is 5.01. The van der Waals surface area contributed by atoms with Crippen LogP contribution in [0.5, 0.6) is 0 Å². The molecule has 0 saturated carbocycles. The maximum Gasteiger partial charge on any atom is 0.247 e. The fourth-order valence-corrected chi connectivity index (χ4v) is 4.15. The highest BCUT2D eigenvalue weighted by atomic mass is 32.2. The van der Waals surface area contributed by atoms with Gasteiger partial charge in [0.1, 0.15) is 0 Å². The van der Waals surface area contributed by atoms with Gasteiger partial charge in [0.05, 0.1) is 16.9 Å². The van der Waals surface area contributed by atoms with Gasteiger partial charge in [0, 0.05) is 12.7 Å². The largest absolute Gasteiger partial charge is 0.388 e. The van der Waals surface area contributed by atoms with E-state index in [2.05, 4.69) is 5.32 Å². The predicted molar refractivity (Wildman–Crippen MR) is 71.0 cm³/mol. The maximum atomic E-state index is 12.2. The van der Waals surface area contributed by atoms with Crippen LogP contribution in [-0.2, 0) is 14.8 Å². The summed E-state index contributed by atoms with van der Waals surface area (Å²) in [7, 11) is -1.83. The third-order valence-electron chi connectivity index (χ3n) is 2.95. The molecule has 0 atom stereocenters. The number of carbonyl (C=O) groups excluding carboxylic acids is 1. The van der Waals surface area contributed by atoms with E-state index in [4.69, 9.17) is 0 Å². The Kier molecular flexibility index (Phi) is 2.85. The predicted octanol–water partition coefficient (Wildman–Crippen LogP) is 1.43. The van der Waals surface area contributed by atoms with Gasteiger partial charge in [-0.1, -0.05) is 6.07 Å². The summed E-state index contributed by atoms with van der Waals surface area (Å²) in [5, 5.41) is 2.92. The molecule has 0 spiro atoms. The zero-order valence-corrected chi connectivity index (χ0v) is 11.4. The van der Waals surface area contributed by atoms with Gasteiger partial charge in [-0.15, -0.1) is 0 Å². The summed E-state index contributed by atoms with van der Waals surface area (Å²) >= 11 is 0. The van der Waals surface area contributed by atoms with Crippen LogP contribution in [0.4, 0.5) is 11.4 Å². The molecule has 2 rings (SSSR count). The molecule has 98 valence electrons. The van der Waals surface area contributed by atoms with E-state index in [0.29, 0.717) is 5.69 Å². The maximum absolute atomic E-state index is 12.2. The Morgan fingerprint density at radius 1 is 1.33 bits per heavy atom. The van der Waals surface area contributed by atoms with Gasteiger partial charge in [-0.25, -0.2) is 12.7 Å². The Balaban J connectivity index is 2.53. The molecule has 0 unspecified atom stereocenters. The number of amides is 1. The van der Waals surface area contributed by atoms with E-state index in [1.54, 1.807) is 39.1 Å². The lowest BCUT2D eigenvalue weighted by Crippen LogP contribution is -2.32. The average Bonchev–Trinajstić information content (AvgIpc) is 2.43. The van der Waals surface area contributed by atoms with Gasteiger partial charge in [0.15, 0.2) is 0 Å². The first-order valence-electron chi connectivity index (χ1n) is 5.63. The summed E-state index contributed by atoms with van der Waals surface area (Å²) in [6, 6.07) is 6.80. The van der Waals surface area contributed by atoms with Crippen molar-refractivity contribution in [3.05, 3.63) is 24.3 Å². The van der Waals surface area contributed by atoms with Gasteiger partial charge < -0.3 is 5.32 Å². The molecular formula is C12H16N2O3S. The van der Waals surface area contributed by atoms with Crippen LogP contribution >= 0.6 is 0 Å². The van der Waals surface area contributed by atoms with Crippen molar-refractivity contribution in [1.82, 2.24) is 0 Å². The molecule has 1 aromatic rings. The molecule has 6 heteroatoms. The number of carbonyl (C=O) groups is 1. The van der Waals surface area contributed by atoms with E-state index < -0.39 is 15.4 Å². The van der Waals surface area contributed by atoms with Crippen LogP contribution < -0.4 is 9.62 Å². The number of hydrogen-bond donors (Lipinski definition) is 1. The monoisotopic (exact) mass is 268 g/mol. The first-order chi connectivity index (χ1) is 8.28. The van der Waals surface area contributed by atoms with Crippen LogP contribution in [0, 0.1) is 5.41 Å². The van der Waals surface area contributed by atoms with Gasteiger partial charge in [0.2, 0.25) is 15.9 Å². The molecule has 0 aromatic heterocycles. The number of hydrogen-bond acceptors (Lipinski definition) is 4. The second kappa shape index (κ2) is 3.98. The van der Waals surface area contributed by atoms with Crippen molar-refractivity contribution in [2.45, 2.75) is 13.8 Å².